The molecular weight excluding hydrogens is 128 g/mol. The third kappa shape index (κ3) is 5.31. The minimum Gasteiger partial charge on any atom is -0.347 e. The smallest absolute Gasteiger partial charge is 0.243 e. The highest BCUT2D eigenvalue weighted by Gasteiger charge is 1.94. The first-order valence-electron chi connectivity index (χ1n) is 3.36. The van der Waals surface area contributed by atoms with Crippen LogP contribution in [0, 0.1) is 0 Å². The van der Waals surface area contributed by atoms with Crippen LogP contribution in [-0.4, -0.2) is 33.1 Å². The molecule has 1 amide bonds. The van der Waals surface area contributed by atoms with Crippen LogP contribution in [0.25, 0.3) is 0 Å². The summed E-state index contributed by atoms with van der Waals surface area (Å²) in [6, 6.07) is 0. The van der Waals surface area contributed by atoms with Gasteiger partial charge in [-0.25, -0.2) is 0 Å². The van der Waals surface area contributed by atoms with Gasteiger partial charge in [-0.05, 0) is 6.08 Å². The lowest BCUT2D eigenvalue weighted by atomic mass is 10.5. The number of likely N-dealkylation sites (N-methyl/N-ethyl adjacent to an activating group) is 1. The SMILES string of the molecule is C=CC(=O)NCC[NH+](C)C. The van der Waals surface area contributed by atoms with Gasteiger partial charge in [0.2, 0.25) is 5.91 Å². The van der Waals surface area contributed by atoms with E-state index in [-0.39, 0.29) is 5.91 Å². The fraction of sp³-hybridized carbons (Fsp3) is 0.571. The summed E-state index contributed by atoms with van der Waals surface area (Å²) in [5, 5.41) is 2.69. The second-order valence-corrected chi connectivity index (χ2v) is 2.45. The highest BCUT2D eigenvalue weighted by Crippen LogP contribution is 1.62. The van der Waals surface area contributed by atoms with Gasteiger partial charge < -0.3 is 10.2 Å². The van der Waals surface area contributed by atoms with Crippen molar-refractivity contribution in [1.29, 1.82) is 0 Å². The number of hydrogen-bond donors (Lipinski definition) is 2. The summed E-state index contributed by atoms with van der Waals surface area (Å²) in [6.45, 7) is 5.00. The van der Waals surface area contributed by atoms with Crippen LogP contribution in [0.5, 0.6) is 0 Å². The van der Waals surface area contributed by atoms with Crippen molar-refractivity contribution in [2.24, 2.45) is 0 Å². The van der Waals surface area contributed by atoms with E-state index in [0.717, 1.165) is 6.54 Å². The Balaban J connectivity index is 3.19. The molecule has 0 heterocycles. The van der Waals surface area contributed by atoms with Gasteiger partial charge in [-0.15, -0.1) is 0 Å². The van der Waals surface area contributed by atoms with Crippen LogP contribution < -0.4 is 10.2 Å². The van der Waals surface area contributed by atoms with Crippen molar-refractivity contribution in [2.75, 3.05) is 27.2 Å². The molecule has 58 valence electrons. The molecule has 0 aliphatic rings. The summed E-state index contributed by atoms with van der Waals surface area (Å²) in [5.74, 6) is -0.0961. The Kier molecular flexibility index (Phi) is 4.58. The van der Waals surface area contributed by atoms with E-state index in [4.69, 9.17) is 0 Å². The van der Waals surface area contributed by atoms with Gasteiger partial charge >= 0.3 is 0 Å². The summed E-state index contributed by atoms with van der Waals surface area (Å²) in [7, 11) is 4.08. The molecule has 0 fully saturated rings. The van der Waals surface area contributed by atoms with Crippen molar-refractivity contribution in [3.05, 3.63) is 12.7 Å². The van der Waals surface area contributed by atoms with Crippen LogP contribution in [-0.2, 0) is 4.79 Å². The van der Waals surface area contributed by atoms with Gasteiger partial charge in [0.25, 0.3) is 0 Å². The van der Waals surface area contributed by atoms with Gasteiger partial charge in [0, 0.05) is 0 Å². The molecule has 10 heavy (non-hydrogen) atoms. The number of quaternary nitrogens is 1. The molecule has 0 spiro atoms. The van der Waals surface area contributed by atoms with Crippen LogP contribution in [0.3, 0.4) is 0 Å². The zero-order valence-electron chi connectivity index (χ0n) is 6.61. The number of hydrogen-bond acceptors (Lipinski definition) is 1. The lowest BCUT2D eigenvalue weighted by Crippen LogP contribution is -3.06. The molecule has 0 aliphatic heterocycles. The third-order valence-corrected chi connectivity index (χ3v) is 1.11. The second kappa shape index (κ2) is 4.99. The molecule has 0 saturated carbocycles. The van der Waals surface area contributed by atoms with Crippen molar-refractivity contribution < 1.29 is 9.69 Å². The Hall–Kier alpha value is -0.830. The van der Waals surface area contributed by atoms with E-state index in [1.165, 1.54) is 11.0 Å². The lowest BCUT2D eigenvalue weighted by Gasteiger charge is -2.06. The van der Waals surface area contributed by atoms with E-state index in [0.29, 0.717) is 6.54 Å². The van der Waals surface area contributed by atoms with Crippen LogP contribution in [0.15, 0.2) is 12.7 Å². The minimum absolute atomic E-state index is 0.0961. The standard InChI is InChI=1S/C7H14N2O/c1-4-7(10)8-5-6-9(2)3/h4H,1,5-6H2,2-3H3,(H,8,10)/p+1. The Morgan fingerprint density at radius 3 is 2.70 bits per heavy atom. The number of amides is 1. The Morgan fingerprint density at radius 1 is 1.70 bits per heavy atom. The molecular formula is C7H15N2O+. The number of carbonyl (C=O) groups is 1. The fourth-order valence-electron chi connectivity index (χ4n) is 0.508. The number of nitrogens with one attached hydrogen (secondary N) is 2. The molecule has 0 unspecified atom stereocenters. The van der Waals surface area contributed by atoms with Crippen LogP contribution in [0.2, 0.25) is 0 Å². The molecule has 0 rings (SSSR count). The number of rotatable bonds is 4. The predicted molar refractivity (Wildman–Crippen MR) is 40.9 cm³/mol. The van der Waals surface area contributed by atoms with Crippen molar-refractivity contribution in [3.8, 4) is 0 Å². The van der Waals surface area contributed by atoms with Gasteiger partial charge in [0.15, 0.2) is 0 Å². The lowest BCUT2D eigenvalue weighted by molar-refractivity contribution is -0.856. The molecule has 0 aromatic heterocycles. The van der Waals surface area contributed by atoms with Gasteiger partial charge in [-0.2, -0.15) is 0 Å². The van der Waals surface area contributed by atoms with E-state index in [1.54, 1.807) is 0 Å². The van der Waals surface area contributed by atoms with Crippen LogP contribution in [0.4, 0.5) is 0 Å². The average molecular weight is 143 g/mol. The summed E-state index contributed by atoms with van der Waals surface area (Å²) in [4.78, 5) is 11.9. The Bertz CT molecular complexity index is 121. The second-order valence-electron chi connectivity index (χ2n) is 2.45. The van der Waals surface area contributed by atoms with E-state index < -0.39 is 0 Å². The van der Waals surface area contributed by atoms with Crippen LogP contribution >= 0.6 is 0 Å². The molecule has 0 atom stereocenters. The first-order valence-corrected chi connectivity index (χ1v) is 3.36. The summed E-state index contributed by atoms with van der Waals surface area (Å²) in [5.41, 5.74) is 0. The molecule has 3 heteroatoms. The summed E-state index contributed by atoms with van der Waals surface area (Å²) in [6.07, 6.45) is 1.28. The van der Waals surface area contributed by atoms with Gasteiger partial charge in [0.05, 0.1) is 27.2 Å². The van der Waals surface area contributed by atoms with Gasteiger partial charge in [-0.1, -0.05) is 6.58 Å². The molecule has 0 aromatic carbocycles. The predicted octanol–water partition coefficient (Wildman–Crippen LogP) is -1.57. The highest BCUT2D eigenvalue weighted by molar-refractivity contribution is 5.86. The van der Waals surface area contributed by atoms with Crippen molar-refractivity contribution >= 4 is 5.91 Å². The molecule has 0 aliphatic carbocycles. The molecule has 0 aromatic rings. The highest BCUT2D eigenvalue weighted by atomic mass is 16.1. The average Bonchev–Trinajstić information content (AvgIpc) is 1.87. The van der Waals surface area contributed by atoms with E-state index in [2.05, 4.69) is 11.9 Å². The normalized spacial score (nSPS) is 9.50. The zero-order chi connectivity index (χ0) is 7.98. The summed E-state index contributed by atoms with van der Waals surface area (Å²) < 4.78 is 0. The minimum atomic E-state index is -0.0961. The van der Waals surface area contributed by atoms with Crippen LogP contribution in [0.1, 0.15) is 0 Å². The van der Waals surface area contributed by atoms with Crippen molar-refractivity contribution in [2.45, 2.75) is 0 Å². The maximum Gasteiger partial charge on any atom is 0.243 e. The third-order valence-electron chi connectivity index (χ3n) is 1.11. The van der Waals surface area contributed by atoms with E-state index in [9.17, 15) is 4.79 Å². The molecule has 2 N–H and O–H groups in total. The van der Waals surface area contributed by atoms with Crippen molar-refractivity contribution in [1.82, 2.24) is 5.32 Å². The maximum absolute atomic E-state index is 10.6. The maximum atomic E-state index is 10.6. The van der Waals surface area contributed by atoms with E-state index >= 15 is 0 Å². The number of carbonyl (C=O) groups excluding carboxylic acids is 1. The molecule has 0 saturated heterocycles. The van der Waals surface area contributed by atoms with E-state index in [1.807, 2.05) is 14.1 Å². The first-order chi connectivity index (χ1) is 4.66. The molecule has 3 nitrogen and oxygen atoms in total. The Morgan fingerprint density at radius 2 is 2.30 bits per heavy atom. The monoisotopic (exact) mass is 143 g/mol. The zero-order valence-corrected chi connectivity index (χ0v) is 6.61. The van der Waals surface area contributed by atoms with Crippen molar-refractivity contribution in [3.63, 3.8) is 0 Å². The van der Waals surface area contributed by atoms with Gasteiger partial charge in [0.1, 0.15) is 0 Å². The summed E-state index contributed by atoms with van der Waals surface area (Å²) >= 11 is 0. The first kappa shape index (κ1) is 9.17. The van der Waals surface area contributed by atoms with Gasteiger partial charge in [-0.3, -0.25) is 4.79 Å². The largest absolute Gasteiger partial charge is 0.347 e. The molecule has 0 bridgehead atoms. The molecule has 0 radical (unpaired) electrons. The Labute approximate surface area is 61.7 Å². The topological polar surface area (TPSA) is 33.5 Å². The quantitative estimate of drug-likeness (QED) is 0.458. The fourth-order valence-corrected chi connectivity index (χ4v) is 0.508.